The number of hydrogen-bond acceptors (Lipinski definition) is 2. The van der Waals surface area contributed by atoms with Gasteiger partial charge in [0.05, 0.1) is 25.7 Å². The molecule has 1 aliphatic carbocycles. The molecule has 0 spiro atoms. The highest BCUT2D eigenvalue weighted by molar-refractivity contribution is 5.93. The summed E-state index contributed by atoms with van der Waals surface area (Å²) in [4.78, 5) is 11.7. The molecule has 4 heteroatoms. The van der Waals surface area contributed by atoms with Gasteiger partial charge in [-0.3, -0.25) is 4.79 Å². The molecule has 0 fully saturated rings. The van der Waals surface area contributed by atoms with Crippen molar-refractivity contribution in [3.63, 3.8) is 0 Å². The minimum atomic E-state index is -0.486. The Morgan fingerprint density at radius 2 is 1.93 bits per heavy atom. The van der Waals surface area contributed by atoms with E-state index in [9.17, 15) is 9.90 Å². The van der Waals surface area contributed by atoms with E-state index >= 15 is 0 Å². The second-order valence-corrected chi connectivity index (χ2v) is 8.58. The fourth-order valence-electron chi connectivity index (χ4n) is 3.86. The SMILES string of the molecule is CC(C)[N+](C)(CCC(/C1=C/C/C=C\C=C=C1)c1cc(C(N)=O)ccc1O)C(C)C. The lowest BCUT2D eigenvalue weighted by molar-refractivity contribution is -0.949. The van der Waals surface area contributed by atoms with Gasteiger partial charge in [0.1, 0.15) is 5.75 Å². The van der Waals surface area contributed by atoms with Crippen LogP contribution in [0.4, 0.5) is 0 Å². The van der Waals surface area contributed by atoms with E-state index in [4.69, 9.17) is 5.73 Å². The van der Waals surface area contributed by atoms with E-state index in [-0.39, 0.29) is 11.7 Å². The molecule has 156 valence electrons. The number of phenols is 1. The zero-order valence-corrected chi connectivity index (χ0v) is 18.4. The van der Waals surface area contributed by atoms with Crippen LogP contribution in [-0.2, 0) is 0 Å². The zero-order chi connectivity index (χ0) is 21.6. The molecule has 1 amide bonds. The third-order valence-corrected chi connectivity index (χ3v) is 6.42. The minimum Gasteiger partial charge on any atom is -0.508 e. The van der Waals surface area contributed by atoms with Crippen molar-refractivity contribution in [2.24, 2.45) is 5.73 Å². The summed E-state index contributed by atoms with van der Waals surface area (Å²) in [6.07, 6.45) is 11.8. The van der Waals surface area contributed by atoms with E-state index in [1.165, 1.54) is 0 Å². The van der Waals surface area contributed by atoms with Crippen molar-refractivity contribution in [3.8, 4) is 5.75 Å². The van der Waals surface area contributed by atoms with Gasteiger partial charge in [-0.1, -0.05) is 18.2 Å². The van der Waals surface area contributed by atoms with E-state index in [0.29, 0.717) is 17.6 Å². The predicted molar refractivity (Wildman–Crippen MR) is 120 cm³/mol. The number of aromatic hydroxyl groups is 1. The van der Waals surface area contributed by atoms with Crippen LogP contribution in [-0.4, -0.2) is 41.2 Å². The number of rotatable bonds is 8. The molecule has 1 unspecified atom stereocenters. The molecule has 0 aliphatic heterocycles. The average molecular weight is 396 g/mol. The van der Waals surface area contributed by atoms with Gasteiger partial charge in [0, 0.05) is 23.5 Å². The van der Waals surface area contributed by atoms with Crippen molar-refractivity contribution in [2.75, 3.05) is 13.6 Å². The molecule has 0 aromatic heterocycles. The van der Waals surface area contributed by atoms with Crippen LogP contribution in [0.2, 0.25) is 0 Å². The van der Waals surface area contributed by atoms with Crippen LogP contribution in [0.15, 0.2) is 59.9 Å². The first-order valence-corrected chi connectivity index (χ1v) is 10.4. The summed E-state index contributed by atoms with van der Waals surface area (Å²) in [5.74, 6) is -0.337. The van der Waals surface area contributed by atoms with Gasteiger partial charge in [-0.15, -0.1) is 5.73 Å². The Morgan fingerprint density at radius 3 is 2.55 bits per heavy atom. The summed E-state index contributed by atoms with van der Waals surface area (Å²) in [6, 6.07) is 5.84. The van der Waals surface area contributed by atoms with Crippen LogP contribution in [0.5, 0.6) is 5.75 Å². The van der Waals surface area contributed by atoms with Gasteiger partial charge in [0.2, 0.25) is 5.91 Å². The lowest BCUT2D eigenvalue weighted by atomic mass is 9.85. The summed E-state index contributed by atoms with van der Waals surface area (Å²) in [7, 11) is 2.29. The van der Waals surface area contributed by atoms with E-state index in [0.717, 1.165) is 35.0 Å². The number of phenolic OH excluding ortho intramolecular Hbond substituents is 1. The first kappa shape index (κ1) is 22.7. The van der Waals surface area contributed by atoms with Crippen LogP contribution in [0.25, 0.3) is 0 Å². The highest BCUT2D eigenvalue weighted by atomic mass is 16.3. The number of primary amides is 1. The van der Waals surface area contributed by atoms with E-state index in [1.807, 2.05) is 18.2 Å². The van der Waals surface area contributed by atoms with Crippen molar-refractivity contribution in [1.29, 1.82) is 0 Å². The molecule has 0 bridgehead atoms. The molecule has 1 aromatic carbocycles. The molecule has 1 atom stereocenters. The number of nitrogens with zero attached hydrogens (tertiary/aromatic N) is 1. The van der Waals surface area contributed by atoms with Crippen molar-refractivity contribution in [1.82, 2.24) is 0 Å². The van der Waals surface area contributed by atoms with Crippen LogP contribution in [0.3, 0.4) is 0 Å². The number of nitrogens with two attached hydrogens (primary N) is 1. The summed E-state index contributed by atoms with van der Waals surface area (Å²) >= 11 is 0. The Balaban J connectivity index is 2.50. The Labute approximate surface area is 175 Å². The highest BCUT2D eigenvalue weighted by Gasteiger charge is 2.32. The van der Waals surface area contributed by atoms with Crippen LogP contribution in [0.1, 0.15) is 62.4 Å². The molecular formula is C25H35N2O2+. The van der Waals surface area contributed by atoms with Gasteiger partial charge in [-0.2, -0.15) is 0 Å². The lowest BCUT2D eigenvalue weighted by Gasteiger charge is -2.43. The molecule has 2 rings (SSSR count). The summed E-state index contributed by atoms with van der Waals surface area (Å²) < 4.78 is 0.930. The smallest absolute Gasteiger partial charge is 0.248 e. The standard InChI is InChI=1S/C25H34N2O2/c1-18(2)27(5,19(3)4)16-15-22(20-11-9-7-6-8-10-12-20)23-17-21(25(26)29)13-14-24(23)28/h6-8,11-14,17-19,22H,9,15-16H2,1-5H3,(H2-,26,28,29)/p+1/b7-6-,20-11+. The molecular weight excluding hydrogens is 360 g/mol. The quantitative estimate of drug-likeness (QED) is 0.489. The molecule has 29 heavy (non-hydrogen) atoms. The number of hydrogen-bond donors (Lipinski definition) is 2. The van der Waals surface area contributed by atoms with E-state index in [2.05, 4.69) is 52.6 Å². The molecule has 0 heterocycles. The topological polar surface area (TPSA) is 63.3 Å². The fourth-order valence-corrected chi connectivity index (χ4v) is 3.86. The van der Waals surface area contributed by atoms with Gasteiger partial charge >= 0.3 is 0 Å². The minimum absolute atomic E-state index is 0.0448. The average Bonchev–Trinajstić information content (AvgIpc) is 2.63. The number of amides is 1. The van der Waals surface area contributed by atoms with Crippen LogP contribution in [0, 0.1) is 0 Å². The number of allylic oxidation sites excluding steroid dienone is 5. The number of carbonyl (C=O) groups excluding carboxylic acids is 1. The summed E-state index contributed by atoms with van der Waals surface area (Å²) in [6.45, 7) is 9.96. The van der Waals surface area contributed by atoms with Gasteiger partial charge in [-0.05, 0) is 70.0 Å². The van der Waals surface area contributed by atoms with Crippen molar-refractivity contribution in [3.05, 3.63) is 71.0 Å². The first-order chi connectivity index (χ1) is 13.7. The number of quaternary nitrogens is 1. The monoisotopic (exact) mass is 395 g/mol. The Morgan fingerprint density at radius 1 is 1.24 bits per heavy atom. The van der Waals surface area contributed by atoms with Crippen LogP contribution >= 0.6 is 0 Å². The first-order valence-electron chi connectivity index (χ1n) is 10.4. The maximum atomic E-state index is 11.7. The molecule has 3 N–H and O–H groups in total. The molecule has 1 aliphatic rings. The van der Waals surface area contributed by atoms with E-state index < -0.39 is 5.91 Å². The molecule has 1 aromatic rings. The zero-order valence-electron chi connectivity index (χ0n) is 18.4. The van der Waals surface area contributed by atoms with Gasteiger partial charge in [0.25, 0.3) is 0 Å². The maximum absolute atomic E-state index is 11.7. The largest absolute Gasteiger partial charge is 0.508 e. The Bertz CT molecular complexity index is 848. The fraction of sp³-hybridized carbons (Fsp3) is 0.440. The summed E-state index contributed by atoms with van der Waals surface area (Å²) in [5, 5.41) is 10.7. The van der Waals surface area contributed by atoms with Gasteiger partial charge in [-0.25, -0.2) is 0 Å². The second-order valence-electron chi connectivity index (χ2n) is 8.58. The normalized spacial score (nSPS) is 18.2. The van der Waals surface area contributed by atoms with Crippen molar-refractivity contribution >= 4 is 5.91 Å². The third kappa shape index (κ3) is 5.50. The maximum Gasteiger partial charge on any atom is 0.248 e. The van der Waals surface area contributed by atoms with Gasteiger partial charge < -0.3 is 15.3 Å². The molecule has 0 saturated heterocycles. The Kier molecular flexibility index (Phi) is 7.66. The van der Waals surface area contributed by atoms with Crippen molar-refractivity contribution < 1.29 is 14.4 Å². The number of carbonyl (C=O) groups is 1. The Hall–Kier alpha value is -2.55. The molecule has 0 radical (unpaired) electrons. The number of benzene rings is 1. The van der Waals surface area contributed by atoms with Crippen LogP contribution < -0.4 is 5.73 Å². The predicted octanol–water partition coefficient (Wildman–Crippen LogP) is 4.83. The highest BCUT2D eigenvalue weighted by Crippen LogP contribution is 2.37. The lowest BCUT2D eigenvalue weighted by Crippen LogP contribution is -2.55. The van der Waals surface area contributed by atoms with Crippen molar-refractivity contribution in [2.45, 2.75) is 58.5 Å². The second kappa shape index (κ2) is 9.78. The summed E-state index contributed by atoms with van der Waals surface area (Å²) in [5.41, 5.74) is 11.0. The van der Waals surface area contributed by atoms with E-state index in [1.54, 1.807) is 18.2 Å². The molecule has 4 nitrogen and oxygen atoms in total. The third-order valence-electron chi connectivity index (χ3n) is 6.42. The van der Waals surface area contributed by atoms with Gasteiger partial charge in [0.15, 0.2) is 0 Å². The molecule has 0 saturated carbocycles.